The summed E-state index contributed by atoms with van der Waals surface area (Å²) >= 11 is 1.65. The number of hydrogen-bond donors (Lipinski definition) is 1. The predicted octanol–water partition coefficient (Wildman–Crippen LogP) is 3.10. The molecule has 0 unspecified atom stereocenters. The third-order valence-electron chi connectivity index (χ3n) is 2.94. The third-order valence-corrected chi connectivity index (χ3v) is 4.43. The summed E-state index contributed by atoms with van der Waals surface area (Å²) in [6, 6.07) is 9.80. The van der Waals surface area contributed by atoms with E-state index in [4.69, 9.17) is 15.2 Å². The lowest BCUT2D eigenvalue weighted by atomic mass is 10.0. The van der Waals surface area contributed by atoms with E-state index in [2.05, 4.69) is 4.98 Å². The zero-order valence-electron chi connectivity index (χ0n) is 12.8. The zero-order chi connectivity index (χ0) is 15.3. The van der Waals surface area contributed by atoms with Crippen LogP contribution < -0.4 is 10.5 Å². The van der Waals surface area contributed by atoms with Gasteiger partial charge in [-0.1, -0.05) is 18.2 Å². The van der Waals surface area contributed by atoms with Crippen LogP contribution in [0.3, 0.4) is 0 Å². The van der Waals surface area contributed by atoms with E-state index in [1.165, 1.54) is 0 Å². The lowest BCUT2D eigenvalue weighted by Crippen LogP contribution is -2.28. The monoisotopic (exact) mass is 306 g/mol. The summed E-state index contributed by atoms with van der Waals surface area (Å²) in [4.78, 5) is 5.71. The summed E-state index contributed by atoms with van der Waals surface area (Å²) in [5, 5.41) is 1.03. The Morgan fingerprint density at radius 3 is 2.57 bits per heavy atom. The second kappa shape index (κ2) is 7.02. The molecule has 0 saturated heterocycles. The molecule has 0 radical (unpaired) electrons. The smallest absolute Gasteiger partial charge is 0.119 e. The van der Waals surface area contributed by atoms with Crippen LogP contribution in [-0.2, 0) is 23.3 Å². The van der Waals surface area contributed by atoms with Gasteiger partial charge in [0.15, 0.2) is 0 Å². The molecule has 0 bridgehead atoms. The maximum absolute atomic E-state index is 6.20. The first-order valence-corrected chi connectivity index (χ1v) is 7.77. The van der Waals surface area contributed by atoms with Gasteiger partial charge >= 0.3 is 0 Å². The summed E-state index contributed by atoms with van der Waals surface area (Å²) in [5.74, 6) is 0.880. The van der Waals surface area contributed by atoms with Gasteiger partial charge in [-0.25, -0.2) is 4.98 Å². The van der Waals surface area contributed by atoms with Gasteiger partial charge in [-0.2, -0.15) is 0 Å². The van der Waals surface area contributed by atoms with Crippen LogP contribution in [0.25, 0.3) is 0 Å². The van der Waals surface area contributed by atoms with E-state index in [0.717, 1.165) is 27.7 Å². The molecule has 5 heteroatoms. The first-order chi connectivity index (χ1) is 10.0. The molecule has 0 saturated carbocycles. The Morgan fingerprint density at radius 2 is 1.95 bits per heavy atom. The van der Waals surface area contributed by atoms with Crippen LogP contribution in [0.15, 0.2) is 30.3 Å². The normalized spacial score (nSPS) is 11.6. The van der Waals surface area contributed by atoms with Crippen LogP contribution in [0, 0.1) is 0 Å². The van der Waals surface area contributed by atoms with Gasteiger partial charge in [0.25, 0.3) is 0 Å². The molecule has 114 valence electrons. The van der Waals surface area contributed by atoms with Crippen molar-refractivity contribution in [2.24, 2.45) is 5.73 Å². The van der Waals surface area contributed by atoms with Gasteiger partial charge in [-0.15, -0.1) is 11.3 Å². The second-order valence-corrected chi connectivity index (χ2v) is 6.53. The van der Waals surface area contributed by atoms with Crippen LogP contribution >= 0.6 is 11.3 Å². The van der Waals surface area contributed by atoms with E-state index in [-0.39, 0.29) is 0 Å². The van der Waals surface area contributed by atoms with Crippen molar-refractivity contribution >= 4 is 11.3 Å². The first kappa shape index (κ1) is 15.9. The number of rotatable bonds is 7. The van der Waals surface area contributed by atoms with Gasteiger partial charge < -0.3 is 15.2 Å². The van der Waals surface area contributed by atoms with Crippen LogP contribution in [0.2, 0.25) is 0 Å². The van der Waals surface area contributed by atoms with Gasteiger partial charge in [-0.05, 0) is 26.0 Å². The second-order valence-electron chi connectivity index (χ2n) is 5.45. The van der Waals surface area contributed by atoms with Gasteiger partial charge in [0.05, 0.1) is 23.9 Å². The highest BCUT2D eigenvalue weighted by Crippen LogP contribution is 2.29. The van der Waals surface area contributed by atoms with Gasteiger partial charge in [0.1, 0.15) is 5.75 Å². The standard InChI is InChI=1S/C16H22N2O2S/c1-16(2,17)15-13(11-19-3)18-14(21-15)9-10-20-12-7-5-4-6-8-12/h4-8H,9-11,17H2,1-3H3. The number of ether oxygens (including phenoxy) is 2. The number of aromatic nitrogens is 1. The number of benzene rings is 1. The molecule has 2 N–H and O–H groups in total. The van der Waals surface area contributed by atoms with Crippen LogP contribution in [0.5, 0.6) is 5.75 Å². The van der Waals surface area contributed by atoms with E-state index in [1.54, 1.807) is 18.4 Å². The Hall–Kier alpha value is -1.43. The Labute approximate surface area is 129 Å². The molecular weight excluding hydrogens is 284 g/mol. The van der Waals surface area contributed by atoms with E-state index >= 15 is 0 Å². The van der Waals surface area contributed by atoms with Crippen molar-refractivity contribution in [3.63, 3.8) is 0 Å². The predicted molar refractivity (Wildman–Crippen MR) is 85.7 cm³/mol. The van der Waals surface area contributed by atoms with E-state index in [1.807, 2.05) is 44.2 Å². The number of thiazole rings is 1. The first-order valence-electron chi connectivity index (χ1n) is 6.95. The number of hydrogen-bond acceptors (Lipinski definition) is 5. The van der Waals surface area contributed by atoms with Crippen molar-refractivity contribution in [3.8, 4) is 5.75 Å². The highest BCUT2D eigenvalue weighted by Gasteiger charge is 2.23. The van der Waals surface area contributed by atoms with E-state index in [0.29, 0.717) is 13.2 Å². The molecule has 1 aromatic carbocycles. The topological polar surface area (TPSA) is 57.4 Å². The molecule has 1 aromatic heterocycles. The zero-order valence-corrected chi connectivity index (χ0v) is 13.6. The molecule has 21 heavy (non-hydrogen) atoms. The minimum atomic E-state index is -0.399. The van der Waals surface area contributed by atoms with Crippen molar-refractivity contribution in [2.45, 2.75) is 32.4 Å². The molecule has 2 rings (SSSR count). The molecule has 2 aromatic rings. The van der Waals surface area contributed by atoms with E-state index < -0.39 is 5.54 Å². The van der Waals surface area contributed by atoms with E-state index in [9.17, 15) is 0 Å². The Morgan fingerprint density at radius 1 is 1.24 bits per heavy atom. The number of methoxy groups -OCH3 is 1. The lowest BCUT2D eigenvalue weighted by molar-refractivity contribution is 0.180. The largest absolute Gasteiger partial charge is 0.493 e. The summed E-state index contributed by atoms with van der Waals surface area (Å²) in [5.41, 5.74) is 6.74. The van der Waals surface area contributed by atoms with Crippen molar-refractivity contribution in [1.29, 1.82) is 0 Å². The maximum atomic E-state index is 6.20. The summed E-state index contributed by atoms with van der Waals surface area (Å²) in [6.45, 7) is 5.08. The van der Waals surface area contributed by atoms with Crippen molar-refractivity contribution in [1.82, 2.24) is 4.98 Å². The molecule has 4 nitrogen and oxygen atoms in total. The molecule has 0 fully saturated rings. The Balaban J connectivity index is 2.00. The summed E-state index contributed by atoms with van der Waals surface area (Å²) in [7, 11) is 1.67. The summed E-state index contributed by atoms with van der Waals surface area (Å²) < 4.78 is 10.9. The average Bonchev–Trinajstić information content (AvgIpc) is 2.84. The molecule has 0 amide bonds. The fourth-order valence-corrected chi connectivity index (χ4v) is 3.08. The van der Waals surface area contributed by atoms with Crippen molar-refractivity contribution in [3.05, 3.63) is 45.9 Å². The molecular formula is C16H22N2O2S. The van der Waals surface area contributed by atoms with Crippen LogP contribution in [-0.4, -0.2) is 18.7 Å². The molecule has 0 aliphatic heterocycles. The molecule has 0 spiro atoms. The fourth-order valence-electron chi connectivity index (χ4n) is 2.02. The fraction of sp³-hybridized carbons (Fsp3) is 0.438. The molecule has 0 aliphatic rings. The maximum Gasteiger partial charge on any atom is 0.119 e. The highest BCUT2D eigenvalue weighted by molar-refractivity contribution is 7.11. The average molecular weight is 306 g/mol. The third kappa shape index (κ3) is 4.52. The van der Waals surface area contributed by atoms with Crippen molar-refractivity contribution in [2.75, 3.05) is 13.7 Å². The number of nitrogens with zero attached hydrogens (tertiary/aromatic N) is 1. The van der Waals surface area contributed by atoms with Gasteiger partial charge in [0, 0.05) is 23.9 Å². The minimum Gasteiger partial charge on any atom is -0.493 e. The molecule has 0 atom stereocenters. The SMILES string of the molecule is COCc1nc(CCOc2ccccc2)sc1C(C)(C)N. The quantitative estimate of drug-likeness (QED) is 0.854. The minimum absolute atomic E-state index is 0.399. The van der Waals surface area contributed by atoms with Crippen LogP contribution in [0.4, 0.5) is 0 Å². The lowest BCUT2D eigenvalue weighted by Gasteiger charge is -2.17. The van der Waals surface area contributed by atoms with Gasteiger partial charge in [-0.3, -0.25) is 0 Å². The molecule has 0 aliphatic carbocycles. The summed E-state index contributed by atoms with van der Waals surface area (Å²) in [6.07, 6.45) is 0.770. The molecule has 1 heterocycles. The highest BCUT2D eigenvalue weighted by atomic mass is 32.1. The van der Waals surface area contributed by atoms with Gasteiger partial charge in [0.2, 0.25) is 0 Å². The Kier molecular flexibility index (Phi) is 5.33. The van der Waals surface area contributed by atoms with Crippen molar-refractivity contribution < 1.29 is 9.47 Å². The number of para-hydroxylation sites is 1. The number of nitrogens with two attached hydrogens (primary N) is 1. The Bertz CT molecular complexity index is 561. The van der Waals surface area contributed by atoms with Crippen LogP contribution in [0.1, 0.15) is 29.4 Å².